The van der Waals surface area contributed by atoms with Crippen LogP contribution in [0.1, 0.15) is 39.0 Å². The number of nitrogens with zero attached hydrogens (tertiary/aromatic N) is 1. The van der Waals surface area contributed by atoms with Crippen molar-refractivity contribution in [2.45, 2.75) is 20.3 Å². The zero-order valence-electron chi connectivity index (χ0n) is 17.8. The number of amides is 3. The highest BCUT2D eigenvalue weighted by molar-refractivity contribution is 6.04. The number of hydrogen-bond acceptors (Lipinski definition) is 4. The van der Waals surface area contributed by atoms with Crippen LogP contribution in [0.5, 0.6) is 0 Å². The second-order valence-electron chi connectivity index (χ2n) is 7.18. The van der Waals surface area contributed by atoms with Crippen LogP contribution in [0.2, 0.25) is 0 Å². The summed E-state index contributed by atoms with van der Waals surface area (Å²) in [6.45, 7) is 3.74. The molecule has 3 amide bonds. The van der Waals surface area contributed by atoms with Crippen LogP contribution in [0, 0.1) is 6.92 Å². The van der Waals surface area contributed by atoms with Gasteiger partial charge in [0.05, 0.1) is 12.8 Å². The number of likely N-dealkylation sites (N-methyl/N-ethyl adjacent to an activating group) is 1. The highest BCUT2D eigenvalue weighted by Gasteiger charge is 2.18. The lowest BCUT2D eigenvalue weighted by Crippen LogP contribution is -2.35. The molecule has 0 spiro atoms. The van der Waals surface area contributed by atoms with Crippen LogP contribution in [0.3, 0.4) is 0 Å². The zero-order valence-corrected chi connectivity index (χ0v) is 17.8. The van der Waals surface area contributed by atoms with Gasteiger partial charge < -0.3 is 20.0 Å². The smallest absolute Gasteiger partial charge is 0.291 e. The van der Waals surface area contributed by atoms with Crippen LogP contribution in [-0.2, 0) is 11.2 Å². The molecule has 0 aliphatic carbocycles. The molecule has 160 valence electrons. The standard InChI is InChI=1S/C24H25N3O4/c1-4-17-8-5-6-9-19(17)25-22(28)15-27(3)24(30)18-12-11-16(2)20(14-18)26-23(29)21-10-7-13-31-21/h5-14H,4,15H2,1-3H3,(H,25,28)(H,26,29). The van der Waals surface area contributed by atoms with Gasteiger partial charge in [-0.1, -0.05) is 31.2 Å². The minimum absolute atomic E-state index is 0.0984. The average molecular weight is 419 g/mol. The summed E-state index contributed by atoms with van der Waals surface area (Å²) >= 11 is 0. The molecule has 1 aromatic heterocycles. The lowest BCUT2D eigenvalue weighted by molar-refractivity contribution is -0.116. The van der Waals surface area contributed by atoms with Crippen LogP contribution >= 0.6 is 0 Å². The number of hydrogen-bond donors (Lipinski definition) is 2. The fourth-order valence-electron chi connectivity index (χ4n) is 3.13. The highest BCUT2D eigenvalue weighted by Crippen LogP contribution is 2.20. The van der Waals surface area contributed by atoms with E-state index in [0.717, 1.165) is 23.2 Å². The number of benzene rings is 2. The Bertz CT molecular complexity index is 1090. The number of aryl methyl sites for hydroxylation is 2. The minimum Gasteiger partial charge on any atom is -0.459 e. The van der Waals surface area contributed by atoms with Crippen molar-refractivity contribution < 1.29 is 18.8 Å². The molecular formula is C24H25N3O4. The van der Waals surface area contributed by atoms with Gasteiger partial charge in [-0.2, -0.15) is 0 Å². The lowest BCUT2D eigenvalue weighted by Gasteiger charge is -2.18. The van der Waals surface area contributed by atoms with Gasteiger partial charge in [-0.15, -0.1) is 0 Å². The topological polar surface area (TPSA) is 91.7 Å². The Hall–Kier alpha value is -3.87. The van der Waals surface area contributed by atoms with E-state index < -0.39 is 5.91 Å². The molecule has 0 saturated carbocycles. The molecule has 0 aliphatic rings. The average Bonchev–Trinajstić information content (AvgIpc) is 3.30. The maximum absolute atomic E-state index is 12.8. The Morgan fingerprint density at radius 1 is 0.968 bits per heavy atom. The van der Waals surface area contributed by atoms with E-state index >= 15 is 0 Å². The number of carbonyl (C=O) groups excluding carboxylic acids is 3. The number of rotatable bonds is 7. The van der Waals surface area contributed by atoms with Gasteiger partial charge in [-0.3, -0.25) is 14.4 Å². The lowest BCUT2D eigenvalue weighted by atomic mass is 10.1. The molecule has 0 unspecified atom stereocenters. The normalized spacial score (nSPS) is 10.4. The first-order valence-electron chi connectivity index (χ1n) is 9.97. The van der Waals surface area contributed by atoms with Crippen molar-refractivity contribution in [3.63, 3.8) is 0 Å². The van der Waals surface area contributed by atoms with E-state index in [1.54, 1.807) is 37.4 Å². The molecular weight excluding hydrogens is 394 g/mol. The van der Waals surface area contributed by atoms with E-state index in [1.165, 1.54) is 11.2 Å². The van der Waals surface area contributed by atoms with Crippen molar-refractivity contribution >= 4 is 29.1 Å². The van der Waals surface area contributed by atoms with Crippen molar-refractivity contribution in [1.29, 1.82) is 0 Å². The van der Waals surface area contributed by atoms with Crippen molar-refractivity contribution in [2.75, 3.05) is 24.2 Å². The molecule has 7 heteroatoms. The molecule has 2 N–H and O–H groups in total. The Morgan fingerprint density at radius 2 is 1.74 bits per heavy atom. The third-order valence-electron chi connectivity index (χ3n) is 4.88. The minimum atomic E-state index is -0.403. The van der Waals surface area contributed by atoms with E-state index in [2.05, 4.69) is 10.6 Å². The fraction of sp³-hybridized carbons (Fsp3) is 0.208. The SMILES string of the molecule is CCc1ccccc1NC(=O)CN(C)C(=O)c1ccc(C)c(NC(=O)c2ccco2)c1. The maximum Gasteiger partial charge on any atom is 0.291 e. The highest BCUT2D eigenvalue weighted by atomic mass is 16.3. The summed E-state index contributed by atoms with van der Waals surface area (Å²) < 4.78 is 5.10. The third-order valence-corrected chi connectivity index (χ3v) is 4.88. The summed E-state index contributed by atoms with van der Waals surface area (Å²) in [7, 11) is 1.56. The molecule has 1 heterocycles. The van der Waals surface area contributed by atoms with E-state index in [0.29, 0.717) is 11.3 Å². The van der Waals surface area contributed by atoms with Gasteiger partial charge >= 0.3 is 0 Å². The van der Waals surface area contributed by atoms with Crippen LogP contribution in [0.25, 0.3) is 0 Å². The summed E-state index contributed by atoms with van der Waals surface area (Å²) in [4.78, 5) is 38.9. The first kappa shape index (κ1) is 21.8. The van der Waals surface area contributed by atoms with Gasteiger partial charge in [-0.25, -0.2) is 0 Å². The van der Waals surface area contributed by atoms with Crippen LogP contribution in [0.4, 0.5) is 11.4 Å². The van der Waals surface area contributed by atoms with E-state index in [9.17, 15) is 14.4 Å². The summed E-state index contributed by atoms with van der Waals surface area (Å²) in [5.41, 5.74) is 3.44. The van der Waals surface area contributed by atoms with E-state index in [-0.39, 0.29) is 24.1 Å². The molecule has 0 aliphatic heterocycles. The van der Waals surface area contributed by atoms with Crippen LogP contribution in [0.15, 0.2) is 65.3 Å². The van der Waals surface area contributed by atoms with Crippen molar-refractivity contribution in [3.05, 3.63) is 83.3 Å². The van der Waals surface area contributed by atoms with Gasteiger partial charge in [0, 0.05) is 24.0 Å². The van der Waals surface area contributed by atoms with E-state index in [4.69, 9.17) is 4.42 Å². The first-order valence-corrected chi connectivity index (χ1v) is 9.97. The van der Waals surface area contributed by atoms with Gasteiger partial charge in [0.1, 0.15) is 0 Å². The Labute approximate surface area is 181 Å². The Balaban J connectivity index is 1.67. The molecule has 3 aromatic rings. The number of furan rings is 1. The monoisotopic (exact) mass is 419 g/mol. The number of anilines is 2. The number of carbonyl (C=O) groups is 3. The molecule has 0 saturated heterocycles. The number of para-hydroxylation sites is 1. The summed E-state index contributed by atoms with van der Waals surface area (Å²) in [5.74, 6) is -0.833. The molecule has 2 aromatic carbocycles. The molecule has 3 rings (SSSR count). The molecule has 31 heavy (non-hydrogen) atoms. The first-order chi connectivity index (χ1) is 14.9. The van der Waals surface area contributed by atoms with Crippen LogP contribution in [-0.4, -0.2) is 36.2 Å². The third kappa shape index (κ3) is 5.39. The van der Waals surface area contributed by atoms with Crippen molar-refractivity contribution in [3.8, 4) is 0 Å². The molecule has 0 radical (unpaired) electrons. The van der Waals surface area contributed by atoms with Gasteiger partial charge in [-0.05, 0) is 54.8 Å². The van der Waals surface area contributed by atoms with Crippen molar-refractivity contribution in [2.24, 2.45) is 0 Å². The Morgan fingerprint density at radius 3 is 2.45 bits per heavy atom. The predicted molar refractivity (Wildman–Crippen MR) is 119 cm³/mol. The van der Waals surface area contributed by atoms with Gasteiger partial charge in [0.15, 0.2) is 5.76 Å². The number of nitrogens with one attached hydrogen (secondary N) is 2. The summed E-state index contributed by atoms with van der Waals surface area (Å²) in [6.07, 6.45) is 2.21. The van der Waals surface area contributed by atoms with Gasteiger partial charge in [0.2, 0.25) is 5.91 Å². The van der Waals surface area contributed by atoms with Crippen LogP contribution < -0.4 is 10.6 Å². The second kappa shape index (κ2) is 9.75. The quantitative estimate of drug-likeness (QED) is 0.603. The maximum atomic E-state index is 12.8. The molecule has 0 fully saturated rings. The molecule has 0 atom stereocenters. The van der Waals surface area contributed by atoms with Crippen molar-refractivity contribution in [1.82, 2.24) is 4.90 Å². The van der Waals surface area contributed by atoms with E-state index in [1.807, 2.05) is 38.1 Å². The largest absolute Gasteiger partial charge is 0.459 e. The van der Waals surface area contributed by atoms with Gasteiger partial charge in [0.25, 0.3) is 11.8 Å². The molecule has 0 bridgehead atoms. The summed E-state index contributed by atoms with van der Waals surface area (Å²) in [6, 6.07) is 15.8. The predicted octanol–water partition coefficient (Wildman–Crippen LogP) is 4.11. The fourth-order valence-corrected chi connectivity index (χ4v) is 3.13. The Kier molecular flexibility index (Phi) is 6.87. The second-order valence-corrected chi connectivity index (χ2v) is 7.18. The molecule has 7 nitrogen and oxygen atoms in total. The summed E-state index contributed by atoms with van der Waals surface area (Å²) in [5, 5.41) is 5.61. The zero-order chi connectivity index (χ0) is 22.4.